The predicted molar refractivity (Wildman–Crippen MR) is 53.8 cm³/mol. The van der Waals surface area contributed by atoms with E-state index in [1.165, 1.54) is 12.8 Å². The van der Waals surface area contributed by atoms with Crippen LogP contribution in [0.2, 0.25) is 0 Å². The molecule has 0 spiro atoms. The number of hydrogen-bond donors (Lipinski definition) is 1. The number of carbonyl (C=O) groups is 1. The summed E-state index contributed by atoms with van der Waals surface area (Å²) >= 11 is 0. The molecule has 0 radical (unpaired) electrons. The van der Waals surface area contributed by atoms with Gasteiger partial charge < -0.3 is 10.0 Å². The van der Waals surface area contributed by atoms with Crippen LogP contribution in [0.4, 0.5) is 0 Å². The maximum atomic E-state index is 12.0. The molecule has 14 heavy (non-hydrogen) atoms. The van der Waals surface area contributed by atoms with Crippen LogP contribution in [0.1, 0.15) is 38.5 Å². The smallest absolute Gasteiger partial charge is 0.225 e. The fourth-order valence-corrected chi connectivity index (χ4v) is 2.52. The van der Waals surface area contributed by atoms with Crippen molar-refractivity contribution in [1.29, 1.82) is 0 Å². The zero-order valence-corrected chi connectivity index (χ0v) is 8.61. The highest BCUT2D eigenvalue weighted by Gasteiger charge is 2.29. The van der Waals surface area contributed by atoms with Crippen molar-refractivity contribution in [2.24, 2.45) is 5.92 Å². The first-order valence-electron chi connectivity index (χ1n) is 5.74. The second-order valence-corrected chi connectivity index (χ2v) is 4.54. The fraction of sp³-hybridized carbons (Fsp3) is 0.909. The first kappa shape index (κ1) is 9.97. The molecule has 1 heterocycles. The SMILES string of the molecule is O=C(C1CCCC1)N1CCC(O)CC1. The van der Waals surface area contributed by atoms with E-state index < -0.39 is 0 Å². The van der Waals surface area contributed by atoms with E-state index in [2.05, 4.69) is 0 Å². The van der Waals surface area contributed by atoms with Gasteiger partial charge in [-0.2, -0.15) is 0 Å². The molecule has 1 aliphatic carbocycles. The minimum absolute atomic E-state index is 0.178. The number of likely N-dealkylation sites (tertiary alicyclic amines) is 1. The van der Waals surface area contributed by atoms with Gasteiger partial charge in [-0.05, 0) is 25.7 Å². The molecule has 0 unspecified atom stereocenters. The molecule has 2 rings (SSSR count). The van der Waals surface area contributed by atoms with Gasteiger partial charge in [-0.25, -0.2) is 0 Å². The van der Waals surface area contributed by atoms with E-state index in [1.807, 2.05) is 4.90 Å². The van der Waals surface area contributed by atoms with Gasteiger partial charge in [0.05, 0.1) is 6.10 Å². The molecule has 0 bridgehead atoms. The van der Waals surface area contributed by atoms with E-state index in [9.17, 15) is 9.90 Å². The van der Waals surface area contributed by atoms with E-state index >= 15 is 0 Å². The van der Waals surface area contributed by atoms with Crippen molar-refractivity contribution in [3.05, 3.63) is 0 Å². The minimum Gasteiger partial charge on any atom is -0.393 e. The number of nitrogens with zero attached hydrogens (tertiary/aromatic N) is 1. The summed E-state index contributed by atoms with van der Waals surface area (Å²) in [5.41, 5.74) is 0. The molecular formula is C11H19NO2. The number of aliphatic hydroxyl groups excluding tert-OH is 1. The van der Waals surface area contributed by atoms with Crippen molar-refractivity contribution < 1.29 is 9.90 Å². The highest BCUT2D eigenvalue weighted by atomic mass is 16.3. The van der Waals surface area contributed by atoms with Gasteiger partial charge in [0.2, 0.25) is 5.91 Å². The number of carbonyl (C=O) groups excluding carboxylic acids is 1. The summed E-state index contributed by atoms with van der Waals surface area (Å²) in [5.74, 6) is 0.639. The summed E-state index contributed by atoms with van der Waals surface area (Å²) < 4.78 is 0. The van der Waals surface area contributed by atoms with Crippen LogP contribution in [0.5, 0.6) is 0 Å². The Morgan fingerprint density at radius 1 is 1.07 bits per heavy atom. The third-order valence-electron chi connectivity index (χ3n) is 3.48. The summed E-state index contributed by atoms with van der Waals surface area (Å²) in [6, 6.07) is 0. The Morgan fingerprint density at radius 2 is 1.64 bits per heavy atom. The van der Waals surface area contributed by atoms with Crippen molar-refractivity contribution in [2.75, 3.05) is 13.1 Å². The van der Waals surface area contributed by atoms with Crippen LogP contribution in [0.3, 0.4) is 0 Å². The number of amides is 1. The number of rotatable bonds is 1. The van der Waals surface area contributed by atoms with Crippen LogP contribution in [0.15, 0.2) is 0 Å². The van der Waals surface area contributed by atoms with Gasteiger partial charge in [0.15, 0.2) is 0 Å². The molecule has 1 saturated carbocycles. The van der Waals surface area contributed by atoms with E-state index in [4.69, 9.17) is 0 Å². The maximum absolute atomic E-state index is 12.0. The monoisotopic (exact) mass is 197 g/mol. The van der Waals surface area contributed by atoms with Crippen molar-refractivity contribution >= 4 is 5.91 Å². The van der Waals surface area contributed by atoms with Crippen molar-refractivity contribution in [3.8, 4) is 0 Å². The molecule has 0 aromatic rings. The number of hydrogen-bond acceptors (Lipinski definition) is 2. The van der Waals surface area contributed by atoms with Crippen LogP contribution in [0.25, 0.3) is 0 Å². The molecule has 0 atom stereocenters. The summed E-state index contributed by atoms with van der Waals surface area (Å²) in [6.07, 6.45) is 5.94. The van der Waals surface area contributed by atoms with Gasteiger partial charge >= 0.3 is 0 Å². The van der Waals surface area contributed by atoms with Crippen LogP contribution in [-0.2, 0) is 4.79 Å². The first-order chi connectivity index (χ1) is 6.77. The summed E-state index contributed by atoms with van der Waals surface area (Å²) in [4.78, 5) is 13.9. The molecule has 0 aromatic heterocycles. The van der Waals surface area contributed by atoms with Gasteiger partial charge in [0.25, 0.3) is 0 Å². The predicted octanol–water partition coefficient (Wildman–Crippen LogP) is 1.16. The highest BCUT2D eigenvalue weighted by molar-refractivity contribution is 5.79. The lowest BCUT2D eigenvalue weighted by molar-refractivity contribution is -0.137. The average Bonchev–Trinajstić information content (AvgIpc) is 2.71. The largest absolute Gasteiger partial charge is 0.393 e. The lowest BCUT2D eigenvalue weighted by Crippen LogP contribution is -2.42. The minimum atomic E-state index is -0.178. The van der Waals surface area contributed by atoms with Crippen LogP contribution < -0.4 is 0 Å². The second-order valence-electron chi connectivity index (χ2n) is 4.54. The van der Waals surface area contributed by atoms with E-state index in [0.717, 1.165) is 38.8 Å². The summed E-state index contributed by atoms with van der Waals surface area (Å²) in [6.45, 7) is 1.52. The number of piperidine rings is 1. The van der Waals surface area contributed by atoms with Gasteiger partial charge in [0.1, 0.15) is 0 Å². The van der Waals surface area contributed by atoms with E-state index in [-0.39, 0.29) is 6.10 Å². The van der Waals surface area contributed by atoms with E-state index in [0.29, 0.717) is 11.8 Å². The normalized spacial score (nSPS) is 25.6. The van der Waals surface area contributed by atoms with Gasteiger partial charge in [-0.1, -0.05) is 12.8 Å². The Morgan fingerprint density at radius 3 is 2.21 bits per heavy atom. The number of aliphatic hydroxyl groups is 1. The molecule has 0 aromatic carbocycles. The molecule has 3 heteroatoms. The zero-order valence-electron chi connectivity index (χ0n) is 8.61. The molecule has 1 N–H and O–H groups in total. The average molecular weight is 197 g/mol. The Balaban J connectivity index is 1.85. The van der Waals surface area contributed by atoms with Gasteiger partial charge in [-0.3, -0.25) is 4.79 Å². The second kappa shape index (κ2) is 4.30. The lowest BCUT2D eigenvalue weighted by atomic mass is 10.0. The Bertz CT molecular complexity index is 203. The molecule has 1 aliphatic heterocycles. The zero-order chi connectivity index (χ0) is 9.97. The molecule has 1 saturated heterocycles. The summed E-state index contributed by atoms with van der Waals surface area (Å²) in [5, 5.41) is 9.34. The first-order valence-corrected chi connectivity index (χ1v) is 5.74. The van der Waals surface area contributed by atoms with Gasteiger partial charge in [0, 0.05) is 19.0 Å². The van der Waals surface area contributed by atoms with E-state index in [1.54, 1.807) is 0 Å². The molecule has 2 aliphatic rings. The quantitative estimate of drug-likeness (QED) is 0.685. The van der Waals surface area contributed by atoms with Crippen molar-refractivity contribution in [2.45, 2.75) is 44.6 Å². The maximum Gasteiger partial charge on any atom is 0.225 e. The standard InChI is InChI=1S/C11H19NO2/c13-10-5-7-12(8-6-10)11(14)9-3-1-2-4-9/h9-10,13H,1-8H2. The molecule has 80 valence electrons. The lowest BCUT2D eigenvalue weighted by Gasteiger charge is -2.31. The fourth-order valence-electron chi connectivity index (χ4n) is 2.52. The summed E-state index contributed by atoms with van der Waals surface area (Å²) in [7, 11) is 0. The molecule has 1 amide bonds. The third kappa shape index (κ3) is 2.08. The molecule has 3 nitrogen and oxygen atoms in total. The Labute approximate surface area is 85.1 Å². The van der Waals surface area contributed by atoms with Gasteiger partial charge in [-0.15, -0.1) is 0 Å². The third-order valence-corrected chi connectivity index (χ3v) is 3.48. The molecule has 2 fully saturated rings. The highest BCUT2D eigenvalue weighted by Crippen LogP contribution is 2.27. The van der Waals surface area contributed by atoms with Crippen LogP contribution in [0, 0.1) is 5.92 Å². The Kier molecular flexibility index (Phi) is 3.06. The van der Waals surface area contributed by atoms with Crippen LogP contribution >= 0.6 is 0 Å². The van der Waals surface area contributed by atoms with Crippen molar-refractivity contribution in [1.82, 2.24) is 4.90 Å². The molecular weight excluding hydrogens is 178 g/mol. The van der Waals surface area contributed by atoms with Crippen molar-refractivity contribution in [3.63, 3.8) is 0 Å². The topological polar surface area (TPSA) is 40.5 Å². The van der Waals surface area contributed by atoms with Crippen LogP contribution in [-0.4, -0.2) is 35.1 Å². The Hall–Kier alpha value is -0.570.